The first-order chi connectivity index (χ1) is 7.79. The van der Waals surface area contributed by atoms with Gasteiger partial charge < -0.3 is 9.88 Å². The monoisotopic (exact) mass is 219 g/mol. The van der Waals surface area contributed by atoms with E-state index in [-0.39, 0.29) is 0 Å². The second-order valence-electron chi connectivity index (χ2n) is 4.66. The standard InChI is InChI=1S/C13H21N3/c1-3-6-16-10-14-9-13(16)7-11(2)8-15-12-4-5-12/h7,9-10,12,15H,3-6,8H2,1-2H3. The van der Waals surface area contributed by atoms with Crippen molar-refractivity contribution in [1.82, 2.24) is 14.9 Å². The molecule has 1 aliphatic carbocycles. The van der Waals surface area contributed by atoms with Crippen LogP contribution in [0, 0.1) is 0 Å². The first-order valence-corrected chi connectivity index (χ1v) is 6.20. The maximum Gasteiger partial charge on any atom is 0.0950 e. The fraction of sp³-hybridized carbons (Fsp3) is 0.615. The fourth-order valence-corrected chi connectivity index (χ4v) is 1.78. The lowest BCUT2D eigenvalue weighted by molar-refractivity contribution is 0.672. The predicted octanol–water partition coefficient (Wildman–Crippen LogP) is 2.45. The maximum absolute atomic E-state index is 4.20. The van der Waals surface area contributed by atoms with Crippen molar-refractivity contribution < 1.29 is 0 Å². The van der Waals surface area contributed by atoms with Gasteiger partial charge in [-0.05, 0) is 32.3 Å². The van der Waals surface area contributed by atoms with Crippen LogP contribution in [0.15, 0.2) is 18.1 Å². The molecular formula is C13H21N3. The Morgan fingerprint density at radius 3 is 3.12 bits per heavy atom. The van der Waals surface area contributed by atoms with Crippen molar-refractivity contribution in [3.63, 3.8) is 0 Å². The first kappa shape index (κ1) is 11.4. The second-order valence-corrected chi connectivity index (χ2v) is 4.66. The van der Waals surface area contributed by atoms with E-state index < -0.39 is 0 Å². The lowest BCUT2D eigenvalue weighted by Crippen LogP contribution is -2.18. The fourth-order valence-electron chi connectivity index (χ4n) is 1.78. The summed E-state index contributed by atoms with van der Waals surface area (Å²) in [6.07, 6.45) is 9.93. The van der Waals surface area contributed by atoms with Gasteiger partial charge in [0.25, 0.3) is 0 Å². The van der Waals surface area contributed by atoms with Gasteiger partial charge in [0.1, 0.15) is 0 Å². The van der Waals surface area contributed by atoms with Crippen molar-refractivity contribution in [3.05, 3.63) is 23.8 Å². The highest BCUT2D eigenvalue weighted by atomic mass is 15.0. The van der Waals surface area contributed by atoms with Crippen molar-refractivity contribution in [2.24, 2.45) is 0 Å². The molecule has 0 amide bonds. The van der Waals surface area contributed by atoms with Gasteiger partial charge >= 0.3 is 0 Å². The van der Waals surface area contributed by atoms with Crippen LogP contribution in [-0.4, -0.2) is 22.1 Å². The summed E-state index contributed by atoms with van der Waals surface area (Å²) in [5.41, 5.74) is 2.60. The van der Waals surface area contributed by atoms with Crippen LogP contribution in [0.4, 0.5) is 0 Å². The van der Waals surface area contributed by atoms with Crippen LogP contribution in [-0.2, 0) is 6.54 Å². The minimum Gasteiger partial charge on any atom is -0.331 e. The number of nitrogens with one attached hydrogen (secondary N) is 1. The molecule has 1 heterocycles. The number of aromatic nitrogens is 2. The Labute approximate surface area is 97.6 Å². The lowest BCUT2D eigenvalue weighted by Gasteiger charge is -2.05. The van der Waals surface area contributed by atoms with Crippen LogP contribution in [0.25, 0.3) is 6.08 Å². The topological polar surface area (TPSA) is 29.9 Å². The molecule has 16 heavy (non-hydrogen) atoms. The zero-order valence-corrected chi connectivity index (χ0v) is 10.2. The molecule has 0 aromatic carbocycles. The summed E-state index contributed by atoms with van der Waals surface area (Å²) in [5.74, 6) is 0. The van der Waals surface area contributed by atoms with Crippen molar-refractivity contribution in [1.29, 1.82) is 0 Å². The summed E-state index contributed by atoms with van der Waals surface area (Å²) in [4.78, 5) is 4.20. The largest absolute Gasteiger partial charge is 0.331 e. The summed E-state index contributed by atoms with van der Waals surface area (Å²) in [5, 5.41) is 3.52. The molecule has 0 spiro atoms. The molecule has 3 heteroatoms. The van der Waals surface area contributed by atoms with Gasteiger partial charge in [-0.2, -0.15) is 0 Å². The third kappa shape index (κ3) is 3.20. The smallest absolute Gasteiger partial charge is 0.0950 e. The molecule has 88 valence electrons. The van der Waals surface area contributed by atoms with Crippen molar-refractivity contribution in [2.45, 2.75) is 45.7 Å². The van der Waals surface area contributed by atoms with E-state index in [9.17, 15) is 0 Å². The Balaban J connectivity index is 1.93. The van der Waals surface area contributed by atoms with Crippen LogP contribution in [0.5, 0.6) is 0 Å². The molecule has 0 unspecified atom stereocenters. The molecule has 0 atom stereocenters. The molecule has 0 radical (unpaired) electrons. The molecule has 1 N–H and O–H groups in total. The number of hydrogen-bond donors (Lipinski definition) is 1. The molecule has 1 aromatic heterocycles. The number of nitrogens with zero attached hydrogens (tertiary/aromatic N) is 2. The first-order valence-electron chi connectivity index (χ1n) is 6.20. The highest BCUT2D eigenvalue weighted by Crippen LogP contribution is 2.19. The van der Waals surface area contributed by atoms with Gasteiger partial charge in [0, 0.05) is 19.1 Å². The normalized spacial score (nSPS) is 16.8. The molecule has 0 saturated heterocycles. The Bertz CT molecular complexity index is 361. The maximum atomic E-state index is 4.20. The molecule has 0 aliphatic heterocycles. The van der Waals surface area contributed by atoms with E-state index >= 15 is 0 Å². The molecule has 1 fully saturated rings. The summed E-state index contributed by atoms with van der Waals surface area (Å²) in [6, 6.07) is 0.781. The molecule has 3 nitrogen and oxygen atoms in total. The third-order valence-corrected chi connectivity index (χ3v) is 2.85. The highest BCUT2D eigenvalue weighted by molar-refractivity contribution is 5.48. The van der Waals surface area contributed by atoms with Crippen molar-refractivity contribution in [3.8, 4) is 0 Å². The van der Waals surface area contributed by atoms with Crippen molar-refractivity contribution in [2.75, 3.05) is 6.54 Å². The molecule has 0 bridgehead atoms. The van der Waals surface area contributed by atoms with Crippen LogP contribution < -0.4 is 5.32 Å². The molecule has 1 aliphatic rings. The van der Waals surface area contributed by atoms with E-state index in [1.165, 1.54) is 24.1 Å². The molecule has 1 saturated carbocycles. The van der Waals surface area contributed by atoms with E-state index in [0.29, 0.717) is 0 Å². The Hall–Kier alpha value is -1.09. The molecular weight excluding hydrogens is 198 g/mol. The third-order valence-electron chi connectivity index (χ3n) is 2.85. The van der Waals surface area contributed by atoms with E-state index in [2.05, 4.69) is 34.8 Å². The van der Waals surface area contributed by atoms with Gasteiger partial charge in [0.05, 0.1) is 18.2 Å². The zero-order chi connectivity index (χ0) is 11.4. The van der Waals surface area contributed by atoms with Crippen LogP contribution in [0.1, 0.15) is 38.8 Å². The van der Waals surface area contributed by atoms with Gasteiger partial charge in [-0.25, -0.2) is 4.98 Å². The van der Waals surface area contributed by atoms with E-state index in [1.807, 2.05) is 12.5 Å². The summed E-state index contributed by atoms with van der Waals surface area (Å²) < 4.78 is 2.21. The average molecular weight is 219 g/mol. The quantitative estimate of drug-likeness (QED) is 0.796. The lowest BCUT2D eigenvalue weighted by atomic mass is 10.2. The van der Waals surface area contributed by atoms with Gasteiger partial charge in [-0.1, -0.05) is 12.5 Å². The molecule has 1 aromatic rings. The van der Waals surface area contributed by atoms with Crippen LogP contribution in [0.2, 0.25) is 0 Å². The average Bonchev–Trinajstić information content (AvgIpc) is 3.00. The Morgan fingerprint density at radius 1 is 1.62 bits per heavy atom. The Kier molecular flexibility index (Phi) is 3.78. The summed E-state index contributed by atoms with van der Waals surface area (Å²) in [7, 11) is 0. The molecule has 2 rings (SSSR count). The number of rotatable bonds is 6. The number of aryl methyl sites for hydroxylation is 1. The zero-order valence-electron chi connectivity index (χ0n) is 10.2. The minimum atomic E-state index is 0.781. The second kappa shape index (κ2) is 5.30. The Morgan fingerprint density at radius 2 is 2.44 bits per heavy atom. The predicted molar refractivity (Wildman–Crippen MR) is 67.2 cm³/mol. The van der Waals surface area contributed by atoms with Gasteiger partial charge in [0.15, 0.2) is 0 Å². The minimum absolute atomic E-state index is 0.781. The number of hydrogen-bond acceptors (Lipinski definition) is 2. The SMILES string of the molecule is CCCn1cncc1C=C(C)CNC1CC1. The van der Waals surface area contributed by atoms with Gasteiger partial charge in [0.2, 0.25) is 0 Å². The van der Waals surface area contributed by atoms with E-state index in [1.54, 1.807) is 0 Å². The van der Waals surface area contributed by atoms with Crippen molar-refractivity contribution >= 4 is 6.08 Å². The summed E-state index contributed by atoms with van der Waals surface area (Å²) in [6.45, 7) is 6.42. The van der Waals surface area contributed by atoms with Crippen LogP contribution >= 0.6 is 0 Å². The summed E-state index contributed by atoms with van der Waals surface area (Å²) >= 11 is 0. The van der Waals surface area contributed by atoms with Gasteiger partial charge in [-0.3, -0.25) is 0 Å². The van der Waals surface area contributed by atoms with Gasteiger partial charge in [-0.15, -0.1) is 0 Å². The van der Waals surface area contributed by atoms with E-state index in [0.717, 1.165) is 25.6 Å². The number of imidazole rings is 1. The van der Waals surface area contributed by atoms with E-state index in [4.69, 9.17) is 0 Å². The highest BCUT2D eigenvalue weighted by Gasteiger charge is 2.19. The van der Waals surface area contributed by atoms with Crippen LogP contribution in [0.3, 0.4) is 0 Å².